The molecule has 86 valence electrons. The summed E-state index contributed by atoms with van der Waals surface area (Å²) in [6.45, 7) is 6.37. The first-order valence-corrected chi connectivity index (χ1v) is 6.08. The zero-order valence-electron chi connectivity index (χ0n) is 9.87. The Labute approximate surface area is 100 Å². The first-order chi connectivity index (χ1) is 7.65. The molecule has 0 aliphatic carbocycles. The summed E-state index contributed by atoms with van der Waals surface area (Å²) in [5.41, 5.74) is 2.04. The Morgan fingerprint density at radius 1 is 1.38 bits per heavy atom. The van der Waals surface area contributed by atoms with Gasteiger partial charge in [0.1, 0.15) is 5.15 Å². The molecule has 2 rings (SSSR count). The van der Waals surface area contributed by atoms with Crippen molar-refractivity contribution in [2.24, 2.45) is 0 Å². The molecule has 0 N–H and O–H groups in total. The first-order valence-electron chi connectivity index (χ1n) is 5.70. The average molecular weight is 238 g/mol. The molecule has 0 bridgehead atoms. The standard InChI is InChI=1S/C12H16ClN3/c1-4-8(3)12-14-11-7-9(5-2)6-10(13)16(11)15-12/h6-8H,4-5H2,1-3H3. The minimum Gasteiger partial charge on any atom is -0.212 e. The van der Waals surface area contributed by atoms with Gasteiger partial charge in [-0.2, -0.15) is 0 Å². The molecule has 16 heavy (non-hydrogen) atoms. The van der Waals surface area contributed by atoms with E-state index in [9.17, 15) is 0 Å². The van der Waals surface area contributed by atoms with Crippen LogP contribution < -0.4 is 0 Å². The molecule has 0 saturated heterocycles. The fourth-order valence-electron chi connectivity index (χ4n) is 1.61. The molecule has 0 spiro atoms. The van der Waals surface area contributed by atoms with Crippen molar-refractivity contribution < 1.29 is 0 Å². The monoisotopic (exact) mass is 237 g/mol. The van der Waals surface area contributed by atoms with Gasteiger partial charge in [-0.1, -0.05) is 32.4 Å². The highest BCUT2D eigenvalue weighted by molar-refractivity contribution is 6.29. The van der Waals surface area contributed by atoms with E-state index >= 15 is 0 Å². The topological polar surface area (TPSA) is 30.2 Å². The number of halogens is 1. The van der Waals surface area contributed by atoms with Crippen LogP contribution in [0.15, 0.2) is 12.1 Å². The summed E-state index contributed by atoms with van der Waals surface area (Å²) in [4.78, 5) is 4.52. The number of aryl methyl sites for hydroxylation is 1. The Morgan fingerprint density at radius 3 is 2.75 bits per heavy atom. The third-order valence-electron chi connectivity index (χ3n) is 2.93. The van der Waals surface area contributed by atoms with E-state index in [-0.39, 0.29) is 0 Å². The van der Waals surface area contributed by atoms with Crippen molar-refractivity contribution in [2.45, 2.75) is 39.5 Å². The summed E-state index contributed by atoms with van der Waals surface area (Å²) >= 11 is 6.16. The zero-order valence-corrected chi connectivity index (χ0v) is 10.6. The van der Waals surface area contributed by atoms with Gasteiger partial charge in [0.05, 0.1) is 0 Å². The molecule has 0 saturated carbocycles. The van der Waals surface area contributed by atoms with E-state index < -0.39 is 0 Å². The van der Waals surface area contributed by atoms with Crippen molar-refractivity contribution in [3.63, 3.8) is 0 Å². The molecule has 0 fully saturated rings. The summed E-state index contributed by atoms with van der Waals surface area (Å²) in [5, 5.41) is 5.07. The van der Waals surface area contributed by atoms with Gasteiger partial charge in [0, 0.05) is 5.92 Å². The summed E-state index contributed by atoms with van der Waals surface area (Å²) in [7, 11) is 0. The van der Waals surface area contributed by atoms with E-state index in [0.717, 1.165) is 24.3 Å². The fraction of sp³-hybridized carbons (Fsp3) is 0.500. The molecule has 0 aliphatic heterocycles. The molecule has 0 aliphatic rings. The highest BCUT2D eigenvalue weighted by Crippen LogP contribution is 2.20. The second-order valence-corrected chi connectivity index (χ2v) is 4.48. The second kappa shape index (κ2) is 4.42. The SMILES string of the molecule is CCc1cc(Cl)n2nc(C(C)CC)nc2c1. The van der Waals surface area contributed by atoms with Crippen LogP contribution in [0.4, 0.5) is 0 Å². The molecule has 0 radical (unpaired) electrons. The third kappa shape index (κ3) is 1.92. The maximum Gasteiger partial charge on any atom is 0.157 e. The predicted molar refractivity (Wildman–Crippen MR) is 66.1 cm³/mol. The molecular formula is C12H16ClN3. The van der Waals surface area contributed by atoms with Crippen molar-refractivity contribution in [1.82, 2.24) is 14.6 Å². The average Bonchev–Trinajstić information content (AvgIpc) is 2.72. The van der Waals surface area contributed by atoms with Crippen molar-refractivity contribution in [3.05, 3.63) is 28.7 Å². The van der Waals surface area contributed by atoms with Crippen LogP contribution in [-0.4, -0.2) is 14.6 Å². The summed E-state index contributed by atoms with van der Waals surface area (Å²) in [6, 6.07) is 3.99. The minimum atomic E-state index is 0.376. The minimum absolute atomic E-state index is 0.376. The maximum absolute atomic E-state index is 6.16. The second-order valence-electron chi connectivity index (χ2n) is 4.09. The van der Waals surface area contributed by atoms with Gasteiger partial charge < -0.3 is 0 Å². The van der Waals surface area contributed by atoms with Crippen LogP contribution in [0.3, 0.4) is 0 Å². The lowest BCUT2D eigenvalue weighted by Crippen LogP contribution is -1.95. The molecule has 4 heteroatoms. The molecule has 0 amide bonds. The Morgan fingerprint density at radius 2 is 2.12 bits per heavy atom. The molecule has 2 aromatic heterocycles. The van der Waals surface area contributed by atoms with E-state index in [4.69, 9.17) is 11.6 Å². The number of hydrogen-bond donors (Lipinski definition) is 0. The first kappa shape index (κ1) is 11.4. The van der Waals surface area contributed by atoms with Crippen LogP contribution >= 0.6 is 11.6 Å². The van der Waals surface area contributed by atoms with E-state index in [1.807, 2.05) is 12.1 Å². The number of rotatable bonds is 3. The molecule has 0 aromatic carbocycles. The zero-order chi connectivity index (χ0) is 11.7. The molecule has 2 heterocycles. The van der Waals surface area contributed by atoms with Crippen molar-refractivity contribution in [3.8, 4) is 0 Å². The van der Waals surface area contributed by atoms with Crippen LogP contribution in [-0.2, 0) is 6.42 Å². The fourth-order valence-corrected chi connectivity index (χ4v) is 1.87. The van der Waals surface area contributed by atoms with Crippen LogP contribution in [0.1, 0.15) is 44.5 Å². The molecule has 2 aromatic rings. The van der Waals surface area contributed by atoms with E-state index in [1.165, 1.54) is 5.56 Å². The number of pyridine rings is 1. The van der Waals surface area contributed by atoms with Gasteiger partial charge in [-0.15, -0.1) is 5.10 Å². The Hall–Kier alpha value is -1.09. The molecule has 1 atom stereocenters. The maximum atomic E-state index is 6.16. The van der Waals surface area contributed by atoms with E-state index in [1.54, 1.807) is 4.52 Å². The van der Waals surface area contributed by atoms with E-state index in [0.29, 0.717) is 11.1 Å². The summed E-state index contributed by atoms with van der Waals surface area (Å²) < 4.78 is 1.71. The normalized spacial score (nSPS) is 13.2. The van der Waals surface area contributed by atoms with Gasteiger partial charge in [-0.25, -0.2) is 9.50 Å². The van der Waals surface area contributed by atoms with Crippen molar-refractivity contribution >= 4 is 17.2 Å². The number of aromatic nitrogens is 3. The molecule has 1 unspecified atom stereocenters. The van der Waals surface area contributed by atoms with Crippen molar-refractivity contribution in [2.75, 3.05) is 0 Å². The number of nitrogens with zero attached hydrogens (tertiary/aromatic N) is 3. The summed E-state index contributed by atoms with van der Waals surface area (Å²) in [6.07, 6.45) is 2.00. The number of hydrogen-bond acceptors (Lipinski definition) is 2. The van der Waals surface area contributed by atoms with Gasteiger partial charge in [0.2, 0.25) is 0 Å². The van der Waals surface area contributed by atoms with Gasteiger partial charge in [-0.05, 0) is 30.5 Å². The van der Waals surface area contributed by atoms with E-state index in [2.05, 4.69) is 30.9 Å². The van der Waals surface area contributed by atoms with Gasteiger partial charge in [0.15, 0.2) is 11.5 Å². The molecule has 3 nitrogen and oxygen atoms in total. The number of fused-ring (bicyclic) bond motifs is 1. The van der Waals surface area contributed by atoms with Crippen LogP contribution in [0.25, 0.3) is 5.65 Å². The van der Waals surface area contributed by atoms with Gasteiger partial charge in [-0.3, -0.25) is 0 Å². The Balaban J connectivity index is 2.56. The molecular weight excluding hydrogens is 222 g/mol. The predicted octanol–water partition coefficient (Wildman–Crippen LogP) is 3.46. The van der Waals surface area contributed by atoms with Crippen molar-refractivity contribution in [1.29, 1.82) is 0 Å². The van der Waals surface area contributed by atoms with Crippen LogP contribution in [0, 0.1) is 0 Å². The lowest BCUT2D eigenvalue weighted by Gasteiger charge is -2.00. The lowest BCUT2D eigenvalue weighted by molar-refractivity contribution is 0.676. The Kier molecular flexibility index (Phi) is 3.15. The van der Waals surface area contributed by atoms with Crippen LogP contribution in [0.5, 0.6) is 0 Å². The van der Waals surface area contributed by atoms with Gasteiger partial charge >= 0.3 is 0 Å². The smallest absolute Gasteiger partial charge is 0.157 e. The summed E-state index contributed by atoms with van der Waals surface area (Å²) in [5.74, 6) is 1.25. The quantitative estimate of drug-likeness (QED) is 0.766. The Bertz CT molecular complexity index is 504. The highest BCUT2D eigenvalue weighted by Gasteiger charge is 2.12. The highest BCUT2D eigenvalue weighted by atomic mass is 35.5. The van der Waals surface area contributed by atoms with Crippen LogP contribution in [0.2, 0.25) is 5.15 Å². The lowest BCUT2D eigenvalue weighted by atomic mass is 10.1. The van der Waals surface area contributed by atoms with Gasteiger partial charge in [0.25, 0.3) is 0 Å². The third-order valence-corrected chi connectivity index (χ3v) is 3.20. The largest absolute Gasteiger partial charge is 0.212 e.